The van der Waals surface area contributed by atoms with Crippen LogP contribution in [-0.2, 0) is 0 Å². The highest BCUT2D eigenvalue weighted by Gasteiger charge is 2.39. The van der Waals surface area contributed by atoms with Crippen molar-refractivity contribution < 1.29 is 13.9 Å². The minimum Gasteiger partial charge on any atom is -0.487 e. The van der Waals surface area contributed by atoms with Crippen LogP contribution in [0.4, 0.5) is 0 Å². The minimum absolute atomic E-state index is 0.0967. The number of furan rings is 1. The molecule has 3 aromatic rings. The van der Waals surface area contributed by atoms with Crippen LogP contribution in [0.5, 0.6) is 5.75 Å². The average molecular weight is 349 g/mol. The Bertz CT molecular complexity index is 906. The van der Waals surface area contributed by atoms with E-state index >= 15 is 0 Å². The molecule has 0 radical (unpaired) electrons. The third kappa shape index (κ3) is 2.85. The van der Waals surface area contributed by atoms with Gasteiger partial charge in [0.15, 0.2) is 5.76 Å². The van der Waals surface area contributed by atoms with E-state index in [2.05, 4.69) is 19.2 Å². The van der Waals surface area contributed by atoms with E-state index in [1.807, 2.05) is 48.5 Å². The first kappa shape index (κ1) is 16.7. The van der Waals surface area contributed by atoms with Crippen molar-refractivity contribution in [3.63, 3.8) is 0 Å². The van der Waals surface area contributed by atoms with Gasteiger partial charge in [-0.15, -0.1) is 0 Å². The molecule has 0 saturated heterocycles. The first-order valence-electron chi connectivity index (χ1n) is 9.21. The van der Waals surface area contributed by atoms with E-state index in [4.69, 9.17) is 9.15 Å². The molecule has 0 unspecified atom stereocenters. The van der Waals surface area contributed by atoms with Crippen LogP contribution in [0.1, 0.15) is 55.3 Å². The van der Waals surface area contributed by atoms with Crippen molar-refractivity contribution in [3.8, 4) is 5.75 Å². The smallest absolute Gasteiger partial charge is 0.287 e. The molecule has 0 bridgehead atoms. The van der Waals surface area contributed by atoms with Crippen molar-refractivity contribution >= 4 is 16.9 Å². The summed E-state index contributed by atoms with van der Waals surface area (Å²) in [6.45, 7) is 4.27. The van der Waals surface area contributed by atoms with Crippen LogP contribution in [0.25, 0.3) is 11.0 Å². The predicted octanol–water partition coefficient (Wildman–Crippen LogP) is 5.25. The number of hydrogen-bond donors (Lipinski definition) is 1. The lowest BCUT2D eigenvalue weighted by molar-refractivity contribution is 0.0225. The molecule has 134 valence electrons. The predicted molar refractivity (Wildman–Crippen MR) is 101 cm³/mol. The van der Waals surface area contributed by atoms with Gasteiger partial charge in [0.05, 0.1) is 6.04 Å². The fraction of sp³-hybridized carbons (Fsp3) is 0.318. The summed E-state index contributed by atoms with van der Waals surface area (Å²) < 4.78 is 12.0. The second-order valence-electron chi connectivity index (χ2n) is 6.91. The Kier molecular flexibility index (Phi) is 4.19. The molecular formula is C22H23NO3. The highest BCUT2D eigenvalue weighted by atomic mass is 16.5. The Balaban J connectivity index is 1.64. The number of fused-ring (bicyclic) bond motifs is 2. The van der Waals surface area contributed by atoms with Gasteiger partial charge in [0, 0.05) is 17.4 Å². The molecular weight excluding hydrogens is 326 g/mol. The lowest BCUT2D eigenvalue weighted by atomic mass is 9.83. The monoisotopic (exact) mass is 349 g/mol. The summed E-state index contributed by atoms with van der Waals surface area (Å²) in [5.74, 6) is 1.01. The van der Waals surface area contributed by atoms with Crippen molar-refractivity contribution in [2.45, 2.75) is 44.8 Å². The number of amides is 1. The quantitative estimate of drug-likeness (QED) is 0.700. The largest absolute Gasteiger partial charge is 0.487 e. The molecule has 1 N–H and O–H groups in total. The van der Waals surface area contributed by atoms with Crippen molar-refractivity contribution in [3.05, 3.63) is 65.9 Å². The van der Waals surface area contributed by atoms with Gasteiger partial charge in [-0.3, -0.25) is 4.79 Å². The summed E-state index contributed by atoms with van der Waals surface area (Å²) in [7, 11) is 0. The zero-order chi connectivity index (χ0) is 18.1. The van der Waals surface area contributed by atoms with Crippen molar-refractivity contribution in [1.29, 1.82) is 0 Å². The van der Waals surface area contributed by atoms with Crippen LogP contribution in [0.2, 0.25) is 0 Å². The Morgan fingerprint density at radius 3 is 2.62 bits per heavy atom. The molecule has 1 aromatic heterocycles. The van der Waals surface area contributed by atoms with Crippen LogP contribution in [0.15, 0.2) is 59.0 Å². The summed E-state index contributed by atoms with van der Waals surface area (Å²) in [5, 5.41) is 4.09. The topological polar surface area (TPSA) is 51.5 Å². The van der Waals surface area contributed by atoms with Crippen LogP contribution in [0, 0.1) is 0 Å². The van der Waals surface area contributed by atoms with E-state index in [0.717, 1.165) is 41.5 Å². The standard InChI is InChI=1S/C22H23NO3/c1-3-22(4-2)14-17(16-10-6-8-12-19(16)26-22)23-21(24)20-13-15-9-5-7-11-18(15)25-20/h5-13,17H,3-4,14H2,1-2H3,(H,23,24)/t17-/m1/s1. The number of benzene rings is 2. The average Bonchev–Trinajstić information content (AvgIpc) is 3.12. The third-order valence-electron chi connectivity index (χ3n) is 5.44. The number of para-hydroxylation sites is 2. The fourth-order valence-electron chi connectivity index (χ4n) is 3.75. The van der Waals surface area contributed by atoms with E-state index in [0.29, 0.717) is 5.76 Å². The highest BCUT2D eigenvalue weighted by Crippen LogP contribution is 2.42. The molecule has 1 aliphatic heterocycles. The van der Waals surface area contributed by atoms with Gasteiger partial charge in [-0.2, -0.15) is 0 Å². The summed E-state index contributed by atoms with van der Waals surface area (Å²) in [6.07, 6.45) is 2.55. The number of carbonyl (C=O) groups is 1. The normalized spacial score (nSPS) is 18.2. The molecule has 0 fully saturated rings. The van der Waals surface area contributed by atoms with E-state index < -0.39 is 0 Å². The maximum Gasteiger partial charge on any atom is 0.287 e. The maximum atomic E-state index is 12.8. The molecule has 0 aliphatic carbocycles. The lowest BCUT2D eigenvalue weighted by Crippen LogP contribution is -2.44. The van der Waals surface area contributed by atoms with Crippen LogP contribution >= 0.6 is 0 Å². The zero-order valence-electron chi connectivity index (χ0n) is 15.1. The SMILES string of the molecule is CCC1(CC)C[C@@H](NC(=O)c2cc3ccccc3o2)c2ccccc2O1. The molecule has 0 spiro atoms. The molecule has 1 amide bonds. The lowest BCUT2D eigenvalue weighted by Gasteiger charge is -2.41. The van der Waals surface area contributed by atoms with Gasteiger partial charge in [0.1, 0.15) is 16.9 Å². The van der Waals surface area contributed by atoms with E-state index in [-0.39, 0.29) is 17.6 Å². The molecule has 0 saturated carbocycles. The van der Waals surface area contributed by atoms with Crippen LogP contribution < -0.4 is 10.1 Å². The maximum absolute atomic E-state index is 12.8. The van der Waals surface area contributed by atoms with E-state index in [1.165, 1.54) is 0 Å². The minimum atomic E-state index is -0.250. The van der Waals surface area contributed by atoms with E-state index in [9.17, 15) is 4.79 Å². The molecule has 1 aliphatic rings. The van der Waals surface area contributed by atoms with Gasteiger partial charge >= 0.3 is 0 Å². The van der Waals surface area contributed by atoms with Crippen LogP contribution in [0.3, 0.4) is 0 Å². The van der Waals surface area contributed by atoms with Crippen molar-refractivity contribution in [1.82, 2.24) is 5.32 Å². The third-order valence-corrected chi connectivity index (χ3v) is 5.44. The van der Waals surface area contributed by atoms with Gasteiger partial charge in [-0.25, -0.2) is 0 Å². The van der Waals surface area contributed by atoms with Gasteiger partial charge in [0.2, 0.25) is 0 Å². The first-order chi connectivity index (χ1) is 12.6. The van der Waals surface area contributed by atoms with Crippen molar-refractivity contribution in [2.75, 3.05) is 0 Å². The number of carbonyl (C=O) groups excluding carboxylic acids is 1. The van der Waals surface area contributed by atoms with Gasteiger partial charge < -0.3 is 14.5 Å². The molecule has 26 heavy (non-hydrogen) atoms. The fourth-order valence-corrected chi connectivity index (χ4v) is 3.75. The Hall–Kier alpha value is -2.75. The summed E-state index contributed by atoms with van der Waals surface area (Å²) in [6, 6.07) is 17.3. The Morgan fingerprint density at radius 1 is 1.12 bits per heavy atom. The van der Waals surface area contributed by atoms with Gasteiger partial charge in [-0.05, 0) is 31.0 Å². The second kappa shape index (κ2) is 6.52. The number of hydrogen-bond acceptors (Lipinski definition) is 3. The molecule has 1 atom stereocenters. The summed E-state index contributed by atoms with van der Waals surface area (Å²) in [4.78, 5) is 12.8. The first-order valence-corrected chi connectivity index (χ1v) is 9.21. The number of rotatable bonds is 4. The molecule has 2 aromatic carbocycles. The van der Waals surface area contributed by atoms with Gasteiger partial charge in [-0.1, -0.05) is 50.2 Å². The molecule has 2 heterocycles. The number of ether oxygens (including phenoxy) is 1. The van der Waals surface area contributed by atoms with E-state index in [1.54, 1.807) is 6.07 Å². The number of nitrogens with one attached hydrogen (secondary N) is 1. The highest BCUT2D eigenvalue weighted by molar-refractivity contribution is 5.96. The van der Waals surface area contributed by atoms with Crippen molar-refractivity contribution in [2.24, 2.45) is 0 Å². The Morgan fingerprint density at radius 2 is 1.85 bits per heavy atom. The molecule has 4 heteroatoms. The molecule has 4 nitrogen and oxygen atoms in total. The van der Waals surface area contributed by atoms with Crippen LogP contribution in [-0.4, -0.2) is 11.5 Å². The Labute approximate surface area is 153 Å². The zero-order valence-corrected chi connectivity index (χ0v) is 15.1. The second-order valence-corrected chi connectivity index (χ2v) is 6.91. The van der Waals surface area contributed by atoms with Gasteiger partial charge in [0.25, 0.3) is 5.91 Å². The summed E-state index contributed by atoms with van der Waals surface area (Å²) in [5.41, 5.74) is 1.50. The molecule has 4 rings (SSSR count). The summed E-state index contributed by atoms with van der Waals surface area (Å²) >= 11 is 0.